The van der Waals surface area contributed by atoms with Crippen LogP contribution in [-0.2, 0) is 17.5 Å². The number of carbonyl (C=O) groups excluding carboxylic acids is 1. The van der Waals surface area contributed by atoms with Crippen molar-refractivity contribution in [3.05, 3.63) is 62.1 Å². The Morgan fingerprint density at radius 3 is 2.61 bits per heavy atom. The SMILES string of the molecule is Cc1nn(Cc2cccc(Cl)c2)c(C)c1NC(=O)C(C)n1nc(C(F)(F)F)c(Br)c1C1CC1. The Balaban J connectivity index is 1.59. The van der Waals surface area contributed by atoms with Crippen LogP contribution in [0.4, 0.5) is 18.9 Å². The van der Waals surface area contributed by atoms with Gasteiger partial charge in [-0.15, -0.1) is 0 Å². The summed E-state index contributed by atoms with van der Waals surface area (Å²) < 4.78 is 43.1. The molecule has 0 saturated heterocycles. The topological polar surface area (TPSA) is 64.7 Å². The van der Waals surface area contributed by atoms with Crippen LogP contribution in [0.1, 0.15) is 60.1 Å². The van der Waals surface area contributed by atoms with E-state index in [0.717, 1.165) is 24.1 Å². The standard InChI is InChI=1S/C22H22BrClF3N5O/c1-11-18(12(2)31(29-11)10-14-5-4-6-16(24)9-14)28-21(33)13(3)32-19(15-7-8-15)17(23)20(30-32)22(25,26)27/h4-6,9,13,15H,7-8,10H2,1-3H3,(H,28,33). The van der Waals surface area contributed by atoms with Gasteiger partial charge in [0.2, 0.25) is 5.91 Å². The van der Waals surface area contributed by atoms with Gasteiger partial charge in [0.25, 0.3) is 0 Å². The first-order valence-corrected chi connectivity index (χ1v) is 11.6. The Morgan fingerprint density at radius 1 is 1.30 bits per heavy atom. The lowest BCUT2D eigenvalue weighted by Gasteiger charge is -2.16. The second kappa shape index (κ2) is 8.79. The highest BCUT2D eigenvalue weighted by Gasteiger charge is 2.43. The third-order valence-corrected chi connectivity index (χ3v) is 6.73. The summed E-state index contributed by atoms with van der Waals surface area (Å²) in [5, 5.41) is 11.7. The predicted octanol–water partition coefficient (Wildman–Crippen LogP) is 6.26. The lowest BCUT2D eigenvalue weighted by Crippen LogP contribution is -2.26. The molecule has 3 aromatic rings. The lowest BCUT2D eigenvalue weighted by molar-refractivity contribution is -0.142. The molecule has 1 saturated carbocycles. The van der Waals surface area contributed by atoms with Gasteiger partial charge in [0.1, 0.15) is 6.04 Å². The van der Waals surface area contributed by atoms with E-state index in [2.05, 4.69) is 31.4 Å². The summed E-state index contributed by atoms with van der Waals surface area (Å²) in [5.41, 5.74) is 2.22. The van der Waals surface area contributed by atoms with Crippen LogP contribution in [0.25, 0.3) is 0 Å². The Bertz CT molecular complexity index is 1220. The van der Waals surface area contributed by atoms with Crippen LogP contribution in [0.5, 0.6) is 0 Å². The van der Waals surface area contributed by atoms with Crippen molar-refractivity contribution in [3.63, 3.8) is 0 Å². The predicted molar refractivity (Wildman–Crippen MR) is 122 cm³/mol. The molecular formula is C22H22BrClF3N5O. The zero-order valence-corrected chi connectivity index (χ0v) is 20.5. The van der Waals surface area contributed by atoms with E-state index in [1.165, 1.54) is 4.68 Å². The number of hydrogen-bond acceptors (Lipinski definition) is 3. The van der Waals surface area contributed by atoms with E-state index in [1.807, 2.05) is 25.1 Å². The number of nitrogens with zero attached hydrogens (tertiary/aromatic N) is 4. The molecule has 33 heavy (non-hydrogen) atoms. The van der Waals surface area contributed by atoms with Crippen LogP contribution in [0, 0.1) is 13.8 Å². The van der Waals surface area contributed by atoms with E-state index >= 15 is 0 Å². The van der Waals surface area contributed by atoms with Crippen LogP contribution < -0.4 is 5.32 Å². The number of alkyl halides is 3. The van der Waals surface area contributed by atoms with E-state index in [9.17, 15) is 18.0 Å². The number of rotatable bonds is 6. The van der Waals surface area contributed by atoms with Gasteiger partial charge in [-0.3, -0.25) is 14.2 Å². The summed E-state index contributed by atoms with van der Waals surface area (Å²) in [6.45, 7) is 5.60. The number of nitrogens with one attached hydrogen (secondary N) is 1. The fourth-order valence-corrected chi connectivity index (χ4v) is 4.83. The monoisotopic (exact) mass is 543 g/mol. The maximum absolute atomic E-state index is 13.4. The number of amides is 1. The molecule has 2 aromatic heterocycles. The molecule has 0 radical (unpaired) electrons. The summed E-state index contributed by atoms with van der Waals surface area (Å²) in [4.78, 5) is 13.1. The van der Waals surface area contributed by atoms with Gasteiger partial charge in [-0.05, 0) is 67.2 Å². The average Bonchev–Trinajstić information content (AvgIpc) is 3.45. The van der Waals surface area contributed by atoms with Crippen molar-refractivity contribution in [3.8, 4) is 0 Å². The van der Waals surface area contributed by atoms with Crippen molar-refractivity contribution in [2.75, 3.05) is 5.32 Å². The maximum Gasteiger partial charge on any atom is 0.436 e. The number of benzene rings is 1. The van der Waals surface area contributed by atoms with Gasteiger partial charge in [-0.2, -0.15) is 23.4 Å². The molecule has 0 bridgehead atoms. The van der Waals surface area contributed by atoms with Gasteiger partial charge in [-0.1, -0.05) is 23.7 Å². The minimum atomic E-state index is -4.61. The van der Waals surface area contributed by atoms with Gasteiger partial charge in [0.15, 0.2) is 5.69 Å². The first kappa shape index (κ1) is 23.8. The normalized spacial score (nSPS) is 15.0. The van der Waals surface area contributed by atoms with Crippen molar-refractivity contribution in [1.29, 1.82) is 0 Å². The summed E-state index contributed by atoms with van der Waals surface area (Å²) in [6.07, 6.45) is -3.08. The lowest BCUT2D eigenvalue weighted by atomic mass is 10.2. The Kier molecular flexibility index (Phi) is 6.34. The van der Waals surface area contributed by atoms with Crippen molar-refractivity contribution in [2.24, 2.45) is 0 Å². The number of halogens is 5. The maximum atomic E-state index is 13.4. The molecule has 0 aliphatic heterocycles. The number of hydrogen-bond donors (Lipinski definition) is 1. The van der Waals surface area contributed by atoms with Crippen LogP contribution in [0.3, 0.4) is 0 Å². The molecule has 1 atom stereocenters. The number of anilines is 1. The molecule has 1 aliphatic rings. The third-order valence-electron chi connectivity index (χ3n) is 5.72. The molecule has 6 nitrogen and oxygen atoms in total. The molecule has 1 amide bonds. The van der Waals surface area contributed by atoms with Gasteiger partial charge < -0.3 is 5.32 Å². The van der Waals surface area contributed by atoms with Gasteiger partial charge in [0, 0.05) is 10.9 Å². The molecule has 2 heterocycles. The summed E-state index contributed by atoms with van der Waals surface area (Å²) in [7, 11) is 0. The van der Waals surface area contributed by atoms with Crippen molar-refractivity contribution >= 4 is 39.1 Å². The quantitative estimate of drug-likeness (QED) is 0.399. The summed E-state index contributed by atoms with van der Waals surface area (Å²) >= 11 is 9.13. The molecular weight excluding hydrogens is 523 g/mol. The zero-order chi connectivity index (χ0) is 24.1. The van der Waals surface area contributed by atoms with Crippen LogP contribution in [0.15, 0.2) is 28.7 Å². The highest BCUT2D eigenvalue weighted by molar-refractivity contribution is 9.10. The van der Waals surface area contributed by atoms with E-state index in [-0.39, 0.29) is 10.4 Å². The highest BCUT2D eigenvalue weighted by Crippen LogP contribution is 2.47. The minimum absolute atomic E-state index is 0.0397. The second-order valence-electron chi connectivity index (χ2n) is 8.26. The van der Waals surface area contributed by atoms with Gasteiger partial charge in [0.05, 0.1) is 33.8 Å². The van der Waals surface area contributed by atoms with E-state index in [0.29, 0.717) is 28.6 Å². The van der Waals surface area contributed by atoms with E-state index in [4.69, 9.17) is 11.6 Å². The van der Waals surface area contributed by atoms with Gasteiger partial charge >= 0.3 is 6.18 Å². The molecule has 0 spiro atoms. The van der Waals surface area contributed by atoms with E-state index in [1.54, 1.807) is 24.6 Å². The summed E-state index contributed by atoms with van der Waals surface area (Å²) in [5.74, 6) is -0.503. The van der Waals surface area contributed by atoms with E-state index < -0.39 is 23.8 Å². The fraction of sp³-hybridized carbons (Fsp3) is 0.409. The Hall–Kier alpha value is -2.33. The molecule has 1 fully saturated rings. The molecule has 11 heteroatoms. The Labute approximate surface area is 202 Å². The number of aryl methyl sites for hydroxylation is 1. The van der Waals surface area contributed by atoms with Crippen LogP contribution >= 0.6 is 27.5 Å². The van der Waals surface area contributed by atoms with Crippen LogP contribution in [-0.4, -0.2) is 25.5 Å². The third kappa shape index (κ3) is 4.82. The first-order valence-electron chi connectivity index (χ1n) is 10.4. The Morgan fingerprint density at radius 2 is 2.00 bits per heavy atom. The smallest absolute Gasteiger partial charge is 0.321 e. The fourth-order valence-electron chi connectivity index (χ4n) is 3.81. The molecule has 1 N–H and O–H groups in total. The van der Waals surface area contributed by atoms with Gasteiger partial charge in [-0.25, -0.2) is 0 Å². The average molecular weight is 545 g/mol. The van der Waals surface area contributed by atoms with Crippen LogP contribution in [0.2, 0.25) is 5.02 Å². The molecule has 1 aliphatic carbocycles. The minimum Gasteiger partial charge on any atom is -0.321 e. The molecule has 4 rings (SSSR count). The zero-order valence-electron chi connectivity index (χ0n) is 18.2. The highest BCUT2D eigenvalue weighted by atomic mass is 79.9. The summed E-state index contributed by atoms with van der Waals surface area (Å²) in [6, 6.07) is 6.46. The molecule has 176 valence electrons. The number of aromatic nitrogens is 4. The number of carbonyl (C=O) groups is 1. The van der Waals surface area contributed by atoms with Crippen molar-refractivity contribution < 1.29 is 18.0 Å². The first-order chi connectivity index (χ1) is 15.5. The largest absolute Gasteiger partial charge is 0.436 e. The van der Waals surface area contributed by atoms with Crippen molar-refractivity contribution in [1.82, 2.24) is 19.6 Å². The van der Waals surface area contributed by atoms with Crippen molar-refractivity contribution in [2.45, 2.75) is 58.3 Å². The second-order valence-corrected chi connectivity index (χ2v) is 9.49. The molecule has 1 unspecified atom stereocenters. The molecule has 1 aromatic carbocycles.